The Balaban J connectivity index is 1.94. The van der Waals surface area contributed by atoms with Gasteiger partial charge in [-0.2, -0.15) is 0 Å². The first-order valence-electron chi connectivity index (χ1n) is 5.64. The van der Waals surface area contributed by atoms with Gasteiger partial charge < -0.3 is 9.64 Å². The summed E-state index contributed by atoms with van der Waals surface area (Å²) >= 11 is 0. The first-order valence-corrected chi connectivity index (χ1v) is 5.64. The largest absolute Gasteiger partial charge is 0.370 e. The maximum absolute atomic E-state index is 11.6. The van der Waals surface area contributed by atoms with Gasteiger partial charge in [0, 0.05) is 12.6 Å². The van der Waals surface area contributed by atoms with E-state index in [0.717, 1.165) is 19.1 Å². The summed E-state index contributed by atoms with van der Waals surface area (Å²) in [6.07, 6.45) is 4.98. The summed E-state index contributed by atoms with van der Waals surface area (Å²) in [5.41, 5.74) is 0. The molecule has 2 rings (SSSR count). The third-order valence-corrected chi connectivity index (χ3v) is 3.37. The highest BCUT2D eigenvalue weighted by molar-refractivity contribution is 5.78. The number of carbonyl (C=O) groups is 1. The standard InChI is InChI=1S/C11H19NO2/c1-9-3-2-4-10(7-9)12-5-6-14-8-11(12)13/h9-10H,2-8H2,1H3/t9-,10-/m0/s1. The predicted octanol–water partition coefficient (Wildman–Crippen LogP) is 1.42. The second-order valence-corrected chi connectivity index (χ2v) is 4.57. The maximum atomic E-state index is 11.6. The fourth-order valence-corrected chi connectivity index (χ4v) is 2.60. The Bertz CT molecular complexity index is 217. The molecule has 1 aliphatic carbocycles. The molecule has 14 heavy (non-hydrogen) atoms. The molecule has 0 spiro atoms. The van der Waals surface area contributed by atoms with Gasteiger partial charge in [0.2, 0.25) is 5.91 Å². The van der Waals surface area contributed by atoms with Gasteiger partial charge in [-0.1, -0.05) is 19.8 Å². The van der Waals surface area contributed by atoms with Crippen molar-refractivity contribution in [2.45, 2.75) is 38.6 Å². The molecular weight excluding hydrogens is 178 g/mol. The Morgan fingerprint density at radius 3 is 3.00 bits per heavy atom. The van der Waals surface area contributed by atoms with Crippen LogP contribution >= 0.6 is 0 Å². The molecule has 2 aliphatic rings. The van der Waals surface area contributed by atoms with E-state index < -0.39 is 0 Å². The molecule has 0 aromatic rings. The number of nitrogens with zero attached hydrogens (tertiary/aromatic N) is 1. The normalized spacial score (nSPS) is 34.6. The maximum Gasteiger partial charge on any atom is 0.248 e. The quantitative estimate of drug-likeness (QED) is 0.636. The number of hydrogen-bond acceptors (Lipinski definition) is 2. The molecule has 1 saturated heterocycles. The van der Waals surface area contributed by atoms with E-state index in [4.69, 9.17) is 4.74 Å². The van der Waals surface area contributed by atoms with Gasteiger partial charge in [-0.3, -0.25) is 4.79 Å². The van der Waals surface area contributed by atoms with Crippen molar-refractivity contribution in [1.82, 2.24) is 4.90 Å². The van der Waals surface area contributed by atoms with Gasteiger partial charge in [-0.15, -0.1) is 0 Å². The smallest absolute Gasteiger partial charge is 0.248 e. The molecule has 2 atom stereocenters. The van der Waals surface area contributed by atoms with Crippen LogP contribution in [0.5, 0.6) is 0 Å². The van der Waals surface area contributed by atoms with E-state index in [1.165, 1.54) is 25.7 Å². The Morgan fingerprint density at radius 2 is 2.29 bits per heavy atom. The zero-order valence-corrected chi connectivity index (χ0v) is 8.87. The number of morpholine rings is 1. The van der Waals surface area contributed by atoms with Crippen molar-refractivity contribution in [2.24, 2.45) is 5.92 Å². The summed E-state index contributed by atoms with van der Waals surface area (Å²) in [7, 11) is 0. The Kier molecular flexibility index (Phi) is 3.06. The van der Waals surface area contributed by atoms with E-state index >= 15 is 0 Å². The van der Waals surface area contributed by atoms with Crippen LogP contribution in [0.25, 0.3) is 0 Å². The molecule has 0 unspecified atom stereocenters. The molecule has 1 amide bonds. The summed E-state index contributed by atoms with van der Waals surface area (Å²) < 4.78 is 5.14. The molecule has 0 aromatic carbocycles. The molecular formula is C11H19NO2. The molecule has 1 saturated carbocycles. The molecule has 0 N–H and O–H groups in total. The number of carbonyl (C=O) groups excluding carboxylic acids is 1. The number of ether oxygens (including phenoxy) is 1. The molecule has 3 heteroatoms. The third-order valence-electron chi connectivity index (χ3n) is 3.37. The lowest BCUT2D eigenvalue weighted by Crippen LogP contribution is -2.49. The monoisotopic (exact) mass is 197 g/mol. The lowest BCUT2D eigenvalue weighted by molar-refractivity contribution is -0.146. The fourth-order valence-electron chi connectivity index (χ4n) is 2.60. The van der Waals surface area contributed by atoms with E-state index in [9.17, 15) is 4.79 Å². The molecule has 80 valence electrons. The van der Waals surface area contributed by atoms with Crippen molar-refractivity contribution in [3.05, 3.63) is 0 Å². The van der Waals surface area contributed by atoms with Crippen LogP contribution in [-0.4, -0.2) is 36.6 Å². The van der Waals surface area contributed by atoms with Gasteiger partial charge in [0.15, 0.2) is 0 Å². The van der Waals surface area contributed by atoms with Crippen molar-refractivity contribution in [3.63, 3.8) is 0 Å². The molecule has 0 radical (unpaired) electrons. The predicted molar refractivity (Wildman–Crippen MR) is 54.0 cm³/mol. The van der Waals surface area contributed by atoms with Crippen molar-refractivity contribution in [1.29, 1.82) is 0 Å². The summed E-state index contributed by atoms with van der Waals surface area (Å²) in [6, 6.07) is 0.496. The van der Waals surface area contributed by atoms with Gasteiger partial charge in [-0.25, -0.2) is 0 Å². The molecule has 0 bridgehead atoms. The van der Waals surface area contributed by atoms with Crippen LogP contribution < -0.4 is 0 Å². The highest BCUT2D eigenvalue weighted by Crippen LogP contribution is 2.27. The number of hydrogen-bond donors (Lipinski definition) is 0. The second kappa shape index (κ2) is 4.30. The van der Waals surface area contributed by atoms with E-state index in [0.29, 0.717) is 12.6 Å². The molecule has 1 heterocycles. The molecule has 1 aliphatic heterocycles. The summed E-state index contributed by atoms with van der Waals surface area (Å²) in [5, 5.41) is 0. The lowest BCUT2D eigenvalue weighted by atomic mass is 9.86. The zero-order valence-electron chi connectivity index (χ0n) is 8.87. The number of amides is 1. The topological polar surface area (TPSA) is 29.5 Å². The Hall–Kier alpha value is -0.570. The van der Waals surface area contributed by atoms with Gasteiger partial charge in [-0.05, 0) is 18.8 Å². The van der Waals surface area contributed by atoms with Crippen molar-refractivity contribution in [2.75, 3.05) is 19.8 Å². The van der Waals surface area contributed by atoms with Gasteiger partial charge in [0.1, 0.15) is 6.61 Å². The minimum absolute atomic E-state index is 0.190. The lowest BCUT2D eigenvalue weighted by Gasteiger charge is -2.38. The zero-order chi connectivity index (χ0) is 9.97. The first kappa shape index (κ1) is 9.97. The van der Waals surface area contributed by atoms with Crippen LogP contribution in [0, 0.1) is 5.92 Å². The summed E-state index contributed by atoms with van der Waals surface area (Å²) in [4.78, 5) is 13.6. The van der Waals surface area contributed by atoms with Crippen molar-refractivity contribution in [3.8, 4) is 0 Å². The van der Waals surface area contributed by atoms with Gasteiger partial charge in [0.05, 0.1) is 6.61 Å². The number of rotatable bonds is 1. The highest BCUT2D eigenvalue weighted by Gasteiger charge is 2.29. The highest BCUT2D eigenvalue weighted by atomic mass is 16.5. The SMILES string of the molecule is C[C@H]1CCC[C@H](N2CCOCC2=O)C1. The first-order chi connectivity index (χ1) is 6.77. The fraction of sp³-hybridized carbons (Fsp3) is 0.909. The van der Waals surface area contributed by atoms with Gasteiger partial charge >= 0.3 is 0 Å². The summed E-state index contributed by atoms with van der Waals surface area (Å²) in [5.74, 6) is 0.972. The van der Waals surface area contributed by atoms with Crippen molar-refractivity contribution < 1.29 is 9.53 Å². The van der Waals surface area contributed by atoms with Crippen LogP contribution in [0.3, 0.4) is 0 Å². The van der Waals surface area contributed by atoms with E-state index in [1.807, 2.05) is 4.90 Å². The summed E-state index contributed by atoms with van der Waals surface area (Å²) in [6.45, 7) is 4.11. The third kappa shape index (κ3) is 2.08. The van der Waals surface area contributed by atoms with Gasteiger partial charge in [0.25, 0.3) is 0 Å². The Labute approximate surface area is 85.4 Å². The average Bonchev–Trinajstić information content (AvgIpc) is 2.18. The minimum atomic E-state index is 0.190. The van der Waals surface area contributed by atoms with E-state index in [-0.39, 0.29) is 5.91 Å². The van der Waals surface area contributed by atoms with Crippen LogP contribution in [0.4, 0.5) is 0 Å². The molecule has 3 nitrogen and oxygen atoms in total. The second-order valence-electron chi connectivity index (χ2n) is 4.57. The van der Waals surface area contributed by atoms with Crippen LogP contribution in [0.1, 0.15) is 32.6 Å². The molecule has 2 fully saturated rings. The minimum Gasteiger partial charge on any atom is -0.370 e. The molecule has 0 aromatic heterocycles. The van der Waals surface area contributed by atoms with Crippen LogP contribution in [-0.2, 0) is 9.53 Å². The van der Waals surface area contributed by atoms with E-state index in [1.54, 1.807) is 0 Å². The van der Waals surface area contributed by atoms with E-state index in [2.05, 4.69) is 6.92 Å². The van der Waals surface area contributed by atoms with Crippen LogP contribution in [0.2, 0.25) is 0 Å². The van der Waals surface area contributed by atoms with Crippen molar-refractivity contribution >= 4 is 5.91 Å². The van der Waals surface area contributed by atoms with Crippen LogP contribution in [0.15, 0.2) is 0 Å². The average molecular weight is 197 g/mol. The Morgan fingerprint density at radius 1 is 1.43 bits per heavy atom.